The van der Waals surface area contributed by atoms with Crippen LogP contribution in [-0.4, -0.2) is 0 Å². The Balaban J connectivity index is 1.11. The van der Waals surface area contributed by atoms with Crippen LogP contribution in [0.3, 0.4) is 0 Å². The molecule has 2 aliphatic carbocycles. The number of hydrogen-bond acceptors (Lipinski definition) is 3. The molecular formula is C49H29NS2. The Morgan fingerprint density at radius 1 is 0.346 bits per heavy atom. The van der Waals surface area contributed by atoms with Crippen LogP contribution >= 0.6 is 22.7 Å². The summed E-state index contributed by atoms with van der Waals surface area (Å²) in [6, 6.07) is 63.6. The van der Waals surface area contributed by atoms with Crippen molar-refractivity contribution < 1.29 is 0 Å². The minimum absolute atomic E-state index is 0.381. The fraction of sp³-hybridized carbons (Fsp3) is 0.0204. The first-order chi connectivity index (χ1) is 25.8. The van der Waals surface area contributed by atoms with E-state index in [1.165, 1.54) is 96.0 Å². The van der Waals surface area contributed by atoms with Crippen LogP contribution in [0.25, 0.3) is 73.7 Å². The Morgan fingerprint density at radius 3 is 1.52 bits per heavy atom. The van der Waals surface area contributed by atoms with Gasteiger partial charge >= 0.3 is 0 Å². The summed E-state index contributed by atoms with van der Waals surface area (Å²) < 4.78 is 5.23. The molecule has 8 aromatic carbocycles. The van der Waals surface area contributed by atoms with Crippen molar-refractivity contribution in [1.29, 1.82) is 0 Å². The molecule has 2 heterocycles. The molecule has 0 amide bonds. The predicted octanol–water partition coefficient (Wildman–Crippen LogP) is 14.2. The molecule has 0 saturated carbocycles. The summed E-state index contributed by atoms with van der Waals surface area (Å²) in [5, 5.41) is 9.18. The summed E-state index contributed by atoms with van der Waals surface area (Å²) in [6.07, 6.45) is 0. The molecule has 0 unspecified atom stereocenters. The van der Waals surface area contributed by atoms with E-state index in [4.69, 9.17) is 0 Å². The molecule has 0 saturated heterocycles. The first kappa shape index (κ1) is 28.7. The number of fused-ring (bicyclic) bond motifs is 16. The molecule has 2 aromatic heterocycles. The van der Waals surface area contributed by atoms with Crippen LogP contribution in [0.15, 0.2) is 170 Å². The average Bonchev–Trinajstić information content (AvgIpc) is 3.92. The number of benzene rings is 8. The summed E-state index contributed by atoms with van der Waals surface area (Å²) in [5.41, 5.74) is 15.0. The Labute approximate surface area is 309 Å². The van der Waals surface area contributed by atoms with Gasteiger partial charge in [-0.15, -0.1) is 22.7 Å². The molecule has 0 aliphatic heterocycles. The zero-order valence-electron chi connectivity index (χ0n) is 28.0. The third-order valence-corrected chi connectivity index (χ3v) is 13.7. The average molecular weight is 696 g/mol. The quantitative estimate of drug-likeness (QED) is 0.194. The highest BCUT2D eigenvalue weighted by Crippen LogP contribution is 2.63. The number of rotatable bonds is 3. The fourth-order valence-corrected chi connectivity index (χ4v) is 11.6. The normalized spacial score (nSPS) is 13.5. The Hall–Kier alpha value is -6.00. The monoisotopic (exact) mass is 695 g/mol. The molecule has 0 atom stereocenters. The molecule has 3 heteroatoms. The van der Waals surface area contributed by atoms with E-state index in [1.54, 1.807) is 0 Å². The van der Waals surface area contributed by atoms with Gasteiger partial charge in [0.1, 0.15) is 0 Å². The highest BCUT2D eigenvalue weighted by molar-refractivity contribution is 7.26. The molecule has 10 aromatic rings. The summed E-state index contributed by atoms with van der Waals surface area (Å²) >= 11 is 3.73. The van der Waals surface area contributed by atoms with Gasteiger partial charge in [0.15, 0.2) is 0 Å². The molecule has 12 rings (SSSR count). The molecule has 0 bridgehead atoms. The number of thiophene rings is 2. The maximum Gasteiger partial charge on any atom is 0.0725 e. The van der Waals surface area contributed by atoms with Crippen molar-refractivity contribution in [3.05, 3.63) is 192 Å². The number of hydrogen-bond donors (Lipinski definition) is 1. The van der Waals surface area contributed by atoms with Crippen molar-refractivity contribution in [1.82, 2.24) is 0 Å². The van der Waals surface area contributed by atoms with Crippen LogP contribution in [0.1, 0.15) is 22.3 Å². The summed E-state index contributed by atoms with van der Waals surface area (Å²) in [6.45, 7) is 0. The molecule has 0 fully saturated rings. The van der Waals surface area contributed by atoms with Crippen molar-refractivity contribution in [2.24, 2.45) is 0 Å². The molecule has 52 heavy (non-hydrogen) atoms. The van der Waals surface area contributed by atoms with E-state index in [0.717, 1.165) is 11.4 Å². The Kier molecular flexibility index (Phi) is 5.80. The van der Waals surface area contributed by atoms with Gasteiger partial charge in [-0.3, -0.25) is 0 Å². The van der Waals surface area contributed by atoms with Gasteiger partial charge in [-0.05, 0) is 92.5 Å². The second kappa shape index (κ2) is 10.5. The van der Waals surface area contributed by atoms with Gasteiger partial charge in [0.2, 0.25) is 0 Å². The highest BCUT2D eigenvalue weighted by atomic mass is 32.1. The zero-order valence-corrected chi connectivity index (χ0v) is 29.6. The second-order valence-corrected chi connectivity index (χ2v) is 16.2. The number of nitrogens with one attached hydrogen (secondary N) is 1. The van der Waals surface area contributed by atoms with E-state index in [-0.39, 0.29) is 5.41 Å². The first-order valence-corrected chi connectivity index (χ1v) is 19.5. The Bertz CT molecular complexity index is 3060. The summed E-state index contributed by atoms with van der Waals surface area (Å²) in [7, 11) is 0. The molecular weight excluding hydrogens is 667 g/mol. The largest absolute Gasteiger partial charge is 0.355 e. The smallest absolute Gasteiger partial charge is 0.0725 e. The summed E-state index contributed by atoms with van der Waals surface area (Å²) in [5.74, 6) is 0. The SMILES string of the molecule is c1ccc2c(c1)-c1ccccc1C21c2ccccc2-c2ccc(-c3cc4c(cc3Nc3ccc5c(c3)sc3ccccc35)sc3ccccc34)cc21. The fourth-order valence-electron chi connectivity index (χ4n) is 9.34. The summed E-state index contributed by atoms with van der Waals surface area (Å²) in [4.78, 5) is 0. The van der Waals surface area contributed by atoms with Crippen LogP contribution in [0.5, 0.6) is 0 Å². The zero-order chi connectivity index (χ0) is 34.0. The van der Waals surface area contributed by atoms with Gasteiger partial charge in [0, 0.05) is 57.3 Å². The van der Waals surface area contributed by atoms with Crippen LogP contribution in [0, 0.1) is 0 Å². The maximum atomic E-state index is 3.93. The van der Waals surface area contributed by atoms with Crippen molar-refractivity contribution in [2.75, 3.05) is 5.32 Å². The van der Waals surface area contributed by atoms with Gasteiger partial charge in [0.25, 0.3) is 0 Å². The third kappa shape index (κ3) is 3.76. The van der Waals surface area contributed by atoms with E-state index < -0.39 is 0 Å². The van der Waals surface area contributed by atoms with Gasteiger partial charge in [-0.25, -0.2) is 0 Å². The van der Waals surface area contributed by atoms with Crippen LogP contribution in [0.2, 0.25) is 0 Å². The molecule has 242 valence electrons. The van der Waals surface area contributed by atoms with Crippen molar-refractivity contribution in [3.63, 3.8) is 0 Å². The van der Waals surface area contributed by atoms with Crippen molar-refractivity contribution >= 4 is 74.4 Å². The topological polar surface area (TPSA) is 12.0 Å². The molecule has 1 N–H and O–H groups in total. The van der Waals surface area contributed by atoms with Gasteiger partial charge in [-0.2, -0.15) is 0 Å². The molecule has 2 aliphatic rings. The van der Waals surface area contributed by atoms with E-state index in [1.807, 2.05) is 22.7 Å². The molecule has 1 spiro atoms. The van der Waals surface area contributed by atoms with E-state index in [0.29, 0.717) is 0 Å². The number of anilines is 2. The van der Waals surface area contributed by atoms with Crippen LogP contribution < -0.4 is 5.32 Å². The Morgan fingerprint density at radius 2 is 0.865 bits per heavy atom. The van der Waals surface area contributed by atoms with Crippen molar-refractivity contribution in [3.8, 4) is 33.4 Å². The second-order valence-electron chi connectivity index (χ2n) is 14.1. The highest BCUT2D eigenvalue weighted by Gasteiger charge is 2.51. The third-order valence-electron chi connectivity index (χ3n) is 11.5. The minimum atomic E-state index is -0.381. The van der Waals surface area contributed by atoms with Crippen molar-refractivity contribution in [2.45, 2.75) is 5.41 Å². The van der Waals surface area contributed by atoms with Gasteiger partial charge in [-0.1, -0.05) is 127 Å². The van der Waals surface area contributed by atoms with E-state index in [9.17, 15) is 0 Å². The van der Waals surface area contributed by atoms with E-state index >= 15 is 0 Å². The van der Waals surface area contributed by atoms with E-state index in [2.05, 4.69) is 175 Å². The lowest BCUT2D eigenvalue weighted by Gasteiger charge is -2.30. The van der Waals surface area contributed by atoms with Gasteiger partial charge < -0.3 is 5.32 Å². The lowest BCUT2D eigenvalue weighted by atomic mass is 9.70. The molecule has 1 nitrogen and oxygen atoms in total. The van der Waals surface area contributed by atoms with Gasteiger partial charge in [0.05, 0.1) is 5.41 Å². The minimum Gasteiger partial charge on any atom is -0.355 e. The van der Waals surface area contributed by atoms with Crippen LogP contribution in [-0.2, 0) is 5.41 Å². The lowest BCUT2D eigenvalue weighted by molar-refractivity contribution is 0.794. The maximum absolute atomic E-state index is 3.93. The van der Waals surface area contributed by atoms with Crippen LogP contribution in [0.4, 0.5) is 11.4 Å². The first-order valence-electron chi connectivity index (χ1n) is 17.8. The predicted molar refractivity (Wildman–Crippen MR) is 224 cm³/mol. The lowest BCUT2D eigenvalue weighted by Crippen LogP contribution is -2.25. The molecule has 0 radical (unpaired) electrons. The standard InChI is InChI=1S/C49H29NS2/c1-6-16-40-31(11-1)32-12-2-7-17-41(32)49(40)42-18-8-3-13-33(42)34-23-21-29(25-43(34)49)38-27-39-36-15-5-10-20-46(36)52-48(39)28-44(38)50-30-22-24-37-35-14-4-9-19-45(35)51-47(37)26-30/h1-28,50H.